The number of ketones is 1. The van der Waals surface area contributed by atoms with E-state index in [4.69, 9.17) is 0 Å². The van der Waals surface area contributed by atoms with E-state index in [0.717, 1.165) is 37.7 Å². The average Bonchev–Trinajstić information content (AvgIpc) is 2.63. The minimum atomic E-state index is -3.70. The summed E-state index contributed by atoms with van der Waals surface area (Å²) in [7, 11) is -3.70. The maximum atomic E-state index is 13.3. The molecule has 0 aliphatic heterocycles. The minimum Gasteiger partial charge on any atom is -0.285 e. The predicted octanol–water partition coefficient (Wildman–Crippen LogP) is 4.25. The van der Waals surface area contributed by atoms with Crippen LogP contribution in [0.2, 0.25) is 0 Å². The van der Waals surface area contributed by atoms with E-state index in [1.54, 1.807) is 24.3 Å². The van der Waals surface area contributed by atoms with E-state index in [1.807, 2.05) is 13.0 Å². The Kier molecular flexibility index (Phi) is 8.27. The Morgan fingerprint density at radius 2 is 1.78 bits per heavy atom. The number of allylic oxidation sites excluding steroid dienone is 1. The average molecular weight is 388 g/mol. The van der Waals surface area contributed by atoms with Gasteiger partial charge in [0.15, 0.2) is 0 Å². The highest BCUT2D eigenvalue weighted by Crippen LogP contribution is 2.23. The van der Waals surface area contributed by atoms with E-state index < -0.39 is 10.0 Å². The van der Waals surface area contributed by atoms with Crippen molar-refractivity contribution in [3.8, 4) is 11.8 Å². The van der Waals surface area contributed by atoms with E-state index in [9.17, 15) is 13.2 Å². The third-order valence-corrected chi connectivity index (χ3v) is 6.61. The number of carbonyl (C=O) groups is 1. The van der Waals surface area contributed by atoms with Crippen molar-refractivity contribution in [2.45, 2.75) is 69.7 Å². The summed E-state index contributed by atoms with van der Waals surface area (Å²) in [6, 6.07) is 6.64. The highest BCUT2D eigenvalue weighted by atomic mass is 32.2. The highest BCUT2D eigenvalue weighted by Gasteiger charge is 2.29. The highest BCUT2D eigenvalue weighted by molar-refractivity contribution is 7.89. The molecule has 0 bridgehead atoms. The van der Waals surface area contributed by atoms with Crippen LogP contribution in [0.25, 0.3) is 0 Å². The van der Waals surface area contributed by atoms with Gasteiger partial charge >= 0.3 is 0 Å². The Morgan fingerprint density at radius 3 is 2.48 bits per heavy atom. The van der Waals surface area contributed by atoms with Crippen LogP contribution in [0.4, 0.5) is 0 Å². The molecule has 1 aromatic rings. The second kappa shape index (κ2) is 10.4. The maximum absolute atomic E-state index is 13.3. The lowest BCUT2D eigenvalue weighted by atomic mass is 10.0. The van der Waals surface area contributed by atoms with Crippen LogP contribution in [-0.4, -0.2) is 31.1 Å². The first-order valence-corrected chi connectivity index (χ1v) is 11.1. The summed E-state index contributed by atoms with van der Waals surface area (Å²) in [5, 5.41) is 0. The number of Topliss-reactive ketones (excluding diaryl/α,β-unsaturated/α-hetero) is 1. The van der Waals surface area contributed by atoms with Gasteiger partial charge in [0.05, 0.1) is 11.4 Å². The summed E-state index contributed by atoms with van der Waals surface area (Å²) in [5.74, 6) is 4.97. The maximum Gasteiger partial charge on any atom is 0.244 e. The molecule has 0 heterocycles. The first kappa shape index (κ1) is 21.4. The zero-order valence-corrected chi connectivity index (χ0v) is 17.1. The van der Waals surface area contributed by atoms with Gasteiger partial charge in [-0.15, -0.1) is 0 Å². The van der Waals surface area contributed by atoms with Gasteiger partial charge in [0.1, 0.15) is 0 Å². The van der Waals surface area contributed by atoms with E-state index in [-0.39, 0.29) is 23.3 Å². The van der Waals surface area contributed by atoms with E-state index in [1.165, 1.54) is 24.1 Å². The minimum absolute atomic E-state index is 0.0186. The molecule has 1 aliphatic rings. The van der Waals surface area contributed by atoms with Crippen molar-refractivity contribution in [3.05, 3.63) is 42.0 Å². The molecule has 146 valence electrons. The zero-order valence-electron chi connectivity index (χ0n) is 16.3. The van der Waals surface area contributed by atoms with Gasteiger partial charge in [0.25, 0.3) is 0 Å². The van der Waals surface area contributed by atoms with E-state index in [0.29, 0.717) is 0 Å². The van der Waals surface area contributed by atoms with Gasteiger partial charge in [0, 0.05) is 13.0 Å². The molecule has 27 heavy (non-hydrogen) atoms. The van der Waals surface area contributed by atoms with Crippen LogP contribution in [0, 0.1) is 18.8 Å². The monoisotopic (exact) mass is 387 g/mol. The van der Waals surface area contributed by atoms with Crippen LogP contribution in [0.15, 0.2) is 41.3 Å². The first-order chi connectivity index (χ1) is 12.9. The predicted molar refractivity (Wildman–Crippen MR) is 109 cm³/mol. The molecule has 0 fully saturated rings. The molecule has 4 nitrogen and oxygen atoms in total. The van der Waals surface area contributed by atoms with Crippen molar-refractivity contribution < 1.29 is 13.2 Å². The van der Waals surface area contributed by atoms with Crippen molar-refractivity contribution in [1.29, 1.82) is 0 Å². The number of benzene rings is 1. The van der Waals surface area contributed by atoms with Gasteiger partial charge < -0.3 is 0 Å². The first-order valence-electron chi connectivity index (χ1n) is 9.66. The Bertz CT molecular complexity index is 813. The third-order valence-electron chi connectivity index (χ3n) is 4.73. The van der Waals surface area contributed by atoms with Gasteiger partial charge in [-0.2, -0.15) is 4.31 Å². The molecule has 0 amide bonds. The van der Waals surface area contributed by atoms with Gasteiger partial charge in [-0.1, -0.05) is 61.5 Å². The molecule has 0 saturated carbocycles. The molecule has 0 aromatic heterocycles. The van der Waals surface area contributed by atoms with Gasteiger partial charge in [-0.05, 0) is 44.2 Å². The van der Waals surface area contributed by atoms with Crippen molar-refractivity contribution in [2.75, 3.05) is 6.54 Å². The number of sulfonamides is 1. The summed E-state index contributed by atoms with van der Waals surface area (Å²) in [6.45, 7) is 3.33. The van der Waals surface area contributed by atoms with Crippen LogP contribution >= 0.6 is 0 Å². The zero-order chi connectivity index (χ0) is 19.7. The number of rotatable bonds is 4. The molecule has 1 unspecified atom stereocenters. The summed E-state index contributed by atoms with van der Waals surface area (Å²) in [6.07, 6.45) is 11.5. The fourth-order valence-corrected chi connectivity index (χ4v) is 4.72. The number of hydrogen-bond acceptors (Lipinski definition) is 3. The van der Waals surface area contributed by atoms with Crippen LogP contribution in [0.3, 0.4) is 0 Å². The fraction of sp³-hybridized carbons (Fsp3) is 0.500. The smallest absolute Gasteiger partial charge is 0.244 e. The van der Waals surface area contributed by atoms with Crippen molar-refractivity contribution in [3.63, 3.8) is 0 Å². The van der Waals surface area contributed by atoms with Gasteiger partial charge in [-0.25, -0.2) is 8.42 Å². The number of carbonyl (C=O) groups excluding carboxylic acids is 1. The molecule has 0 spiro atoms. The second-order valence-electron chi connectivity index (χ2n) is 7.06. The Balaban J connectivity index is 2.37. The molecule has 0 saturated heterocycles. The normalized spacial score (nSPS) is 19.7. The molecule has 5 heteroatoms. The SMILES string of the molecule is CC(=O)C#CCN(C1/C=C\CCCCCCC1)S(=O)(=O)c1ccc(C)cc1. The summed E-state index contributed by atoms with van der Waals surface area (Å²) >= 11 is 0. The fourth-order valence-electron chi connectivity index (χ4n) is 3.20. The van der Waals surface area contributed by atoms with Crippen molar-refractivity contribution in [2.24, 2.45) is 0 Å². The third kappa shape index (κ3) is 6.64. The van der Waals surface area contributed by atoms with Gasteiger partial charge in [0.2, 0.25) is 15.8 Å². The lowest BCUT2D eigenvalue weighted by molar-refractivity contribution is -0.111. The standard InChI is InChI=1S/C22H29NO3S/c1-19-14-16-22(17-15-19)27(25,26)23(18-10-11-20(2)24)21-12-8-6-4-3-5-7-9-13-21/h8,12,14-17,21H,3-7,9,13,18H2,1-2H3/b12-8-. The molecular formula is C22H29NO3S. The molecule has 0 N–H and O–H groups in total. The second-order valence-corrected chi connectivity index (χ2v) is 8.95. The van der Waals surface area contributed by atoms with Crippen LogP contribution in [-0.2, 0) is 14.8 Å². The Morgan fingerprint density at radius 1 is 1.11 bits per heavy atom. The lowest BCUT2D eigenvalue weighted by Crippen LogP contribution is -2.39. The van der Waals surface area contributed by atoms with Gasteiger partial charge in [-0.3, -0.25) is 4.79 Å². The van der Waals surface area contributed by atoms with E-state index >= 15 is 0 Å². The summed E-state index contributed by atoms with van der Waals surface area (Å²) in [5.41, 5.74) is 1.01. The molecule has 1 aliphatic carbocycles. The summed E-state index contributed by atoms with van der Waals surface area (Å²) < 4.78 is 28.1. The molecule has 2 rings (SSSR count). The largest absolute Gasteiger partial charge is 0.285 e. The summed E-state index contributed by atoms with van der Waals surface area (Å²) in [4.78, 5) is 11.5. The van der Waals surface area contributed by atoms with Crippen LogP contribution in [0.5, 0.6) is 0 Å². The molecular weight excluding hydrogens is 358 g/mol. The van der Waals surface area contributed by atoms with Crippen LogP contribution in [0.1, 0.15) is 57.4 Å². The van der Waals surface area contributed by atoms with Crippen molar-refractivity contribution >= 4 is 15.8 Å². The number of nitrogens with zero attached hydrogens (tertiary/aromatic N) is 1. The topological polar surface area (TPSA) is 54.5 Å². The lowest BCUT2D eigenvalue weighted by Gasteiger charge is -2.28. The number of hydrogen-bond donors (Lipinski definition) is 0. The van der Waals surface area contributed by atoms with Crippen LogP contribution < -0.4 is 0 Å². The number of aryl methyl sites for hydroxylation is 1. The Labute approximate surface area is 163 Å². The molecule has 1 atom stereocenters. The quantitative estimate of drug-likeness (QED) is 0.441. The molecule has 1 aromatic carbocycles. The molecule has 0 radical (unpaired) electrons. The Hall–Kier alpha value is -1.90. The van der Waals surface area contributed by atoms with E-state index in [2.05, 4.69) is 17.9 Å². The van der Waals surface area contributed by atoms with Crippen molar-refractivity contribution in [1.82, 2.24) is 4.31 Å².